The van der Waals surface area contributed by atoms with E-state index in [1.807, 2.05) is 11.8 Å². The average molecular weight is 311 g/mol. The molecule has 1 saturated heterocycles. The van der Waals surface area contributed by atoms with E-state index in [9.17, 15) is 4.79 Å². The highest BCUT2D eigenvalue weighted by atomic mass is 28.4. The van der Waals surface area contributed by atoms with Crippen molar-refractivity contribution in [2.45, 2.75) is 76.9 Å². The van der Waals surface area contributed by atoms with Crippen LogP contribution in [-0.4, -0.2) is 44.1 Å². The predicted molar refractivity (Wildman–Crippen MR) is 86.9 cm³/mol. The first-order valence-electron chi connectivity index (χ1n) is 7.97. The molecule has 2 heterocycles. The van der Waals surface area contributed by atoms with Gasteiger partial charge >= 0.3 is 6.09 Å². The number of carbonyl (C=O) groups is 1. The fourth-order valence-electron chi connectivity index (χ4n) is 2.87. The summed E-state index contributed by atoms with van der Waals surface area (Å²) in [6.07, 6.45) is 6.11. The molecule has 5 heteroatoms. The molecule has 2 rings (SSSR count). The van der Waals surface area contributed by atoms with Gasteiger partial charge in [-0.25, -0.2) is 4.79 Å². The van der Waals surface area contributed by atoms with Gasteiger partial charge in [-0.3, -0.25) is 4.90 Å². The van der Waals surface area contributed by atoms with Crippen LogP contribution in [0.15, 0.2) is 12.2 Å². The molecule has 0 aromatic carbocycles. The lowest BCUT2D eigenvalue weighted by atomic mass is 9.99. The zero-order valence-electron chi connectivity index (χ0n) is 14.2. The topological polar surface area (TPSA) is 38.8 Å². The van der Waals surface area contributed by atoms with Gasteiger partial charge in [0.1, 0.15) is 0 Å². The highest BCUT2D eigenvalue weighted by molar-refractivity contribution is 6.74. The maximum absolute atomic E-state index is 12.0. The van der Waals surface area contributed by atoms with Crippen LogP contribution in [-0.2, 0) is 9.16 Å². The Bertz CT molecular complexity index is 412. The summed E-state index contributed by atoms with van der Waals surface area (Å²) in [6, 6.07) is 0.273. The minimum Gasteiger partial charge on any atom is -0.450 e. The normalized spacial score (nSPS) is 28.9. The Kier molecular flexibility index (Phi) is 4.54. The summed E-state index contributed by atoms with van der Waals surface area (Å²) in [6.45, 7) is 13.7. The average Bonchev–Trinajstić information content (AvgIpc) is 2.60. The highest BCUT2D eigenvalue weighted by Crippen LogP contribution is 2.40. The molecule has 3 atom stereocenters. The first-order valence-corrected chi connectivity index (χ1v) is 10.9. The molecule has 1 amide bonds. The van der Waals surface area contributed by atoms with Crippen LogP contribution in [0.2, 0.25) is 18.1 Å². The van der Waals surface area contributed by atoms with Crippen LogP contribution in [0, 0.1) is 0 Å². The van der Waals surface area contributed by atoms with Crippen molar-refractivity contribution < 1.29 is 14.0 Å². The second-order valence-electron chi connectivity index (χ2n) is 7.60. The van der Waals surface area contributed by atoms with Crippen LogP contribution in [0.25, 0.3) is 0 Å². The molecule has 0 radical (unpaired) electrons. The van der Waals surface area contributed by atoms with Crippen LogP contribution in [0.5, 0.6) is 0 Å². The quantitative estimate of drug-likeness (QED) is 0.585. The molecule has 2 bridgehead atoms. The van der Waals surface area contributed by atoms with Crippen molar-refractivity contribution in [1.29, 1.82) is 0 Å². The molecule has 2 aliphatic rings. The number of carbonyl (C=O) groups excluding carboxylic acids is 1. The first kappa shape index (κ1) is 16.6. The number of ether oxygens (including phenoxy) is 1. The second kappa shape index (κ2) is 5.76. The summed E-state index contributed by atoms with van der Waals surface area (Å²) in [4.78, 5) is 13.9. The van der Waals surface area contributed by atoms with Crippen molar-refractivity contribution >= 4 is 14.4 Å². The number of rotatable bonds is 3. The van der Waals surface area contributed by atoms with E-state index in [0.29, 0.717) is 6.61 Å². The fraction of sp³-hybridized carbons (Fsp3) is 0.812. The van der Waals surface area contributed by atoms with E-state index < -0.39 is 8.32 Å². The molecule has 0 aliphatic carbocycles. The minimum atomic E-state index is -1.75. The molecule has 0 N–H and O–H groups in total. The fourth-order valence-corrected chi connectivity index (χ4v) is 4.24. The van der Waals surface area contributed by atoms with Crippen LogP contribution in [0.1, 0.15) is 40.5 Å². The number of amides is 1. The van der Waals surface area contributed by atoms with E-state index in [4.69, 9.17) is 9.16 Å². The number of hydrogen-bond acceptors (Lipinski definition) is 3. The summed E-state index contributed by atoms with van der Waals surface area (Å²) < 4.78 is 11.7. The lowest BCUT2D eigenvalue weighted by Crippen LogP contribution is -2.53. The van der Waals surface area contributed by atoms with Gasteiger partial charge in [-0.1, -0.05) is 32.9 Å². The van der Waals surface area contributed by atoms with Gasteiger partial charge in [-0.2, -0.15) is 0 Å². The van der Waals surface area contributed by atoms with Gasteiger partial charge in [0.25, 0.3) is 0 Å². The minimum absolute atomic E-state index is 0.137. The molecule has 0 aromatic heterocycles. The molecular weight excluding hydrogens is 282 g/mol. The van der Waals surface area contributed by atoms with Gasteiger partial charge in [0.2, 0.25) is 0 Å². The summed E-state index contributed by atoms with van der Waals surface area (Å²) >= 11 is 0. The maximum atomic E-state index is 12.0. The van der Waals surface area contributed by atoms with Crippen molar-refractivity contribution in [2.75, 3.05) is 6.61 Å². The SMILES string of the molecule is CCOC(=O)N1[C@@H]2C=C[C@H]1CC(O[Si](C)(C)C(C)(C)C)C2. The molecule has 4 nitrogen and oxygen atoms in total. The third kappa shape index (κ3) is 3.34. The van der Waals surface area contributed by atoms with E-state index >= 15 is 0 Å². The zero-order chi connectivity index (χ0) is 15.8. The Balaban J connectivity index is 2.00. The summed E-state index contributed by atoms with van der Waals surface area (Å²) in [5.74, 6) is 0. The number of nitrogens with zero attached hydrogens (tertiary/aromatic N) is 1. The number of piperidine rings is 1. The molecule has 0 saturated carbocycles. The van der Waals surface area contributed by atoms with Crippen LogP contribution in [0.3, 0.4) is 0 Å². The van der Waals surface area contributed by atoms with Crippen LogP contribution < -0.4 is 0 Å². The highest BCUT2D eigenvalue weighted by Gasteiger charge is 2.45. The maximum Gasteiger partial charge on any atom is 0.410 e. The van der Waals surface area contributed by atoms with E-state index in [1.54, 1.807) is 0 Å². The molecule has 0 spiro atoms. The third-order valence-electron chi connectivity index (χ3n) is 5.02. The molecule has 0 aromatic rings. The second-order valence-corrected chi connectivity index (χ2v) is 12.4. The van der Waals surface area contributed by atoms with Crippen molar-refractivity contribution in [3.63, 3.8) is 0 Å². The predicted octanol–water partition coefficient (Wildman–Crippen LogP) is 3.94. The van der Waals surface area contributed by atoms with Gasteiger partial charge in [0.15, 0.2) is 8.32 Å². The van der Waals surface area contributed by atoms with Crippen molar-refractivity contribution in [1.82, 2.24) is 4.90 Å². The largest absolute Gasteiger partial charge is 0.450 e. The van der Waals surface area contributed by atoms with E-state index in [1.165, 1.54) is 0 Å². The Morgan fingerprint density at radius 3 is 2.19 bits per heavy atom. The molecule has 1 unspecified atom stereocenters. The van der Waals surface area contributed by atoms with E-state index in [-0.39, 0.29) is 29.3 Å². The van der Waals surface area contributed by atoms with Gasteiger partial charge in [0.05, 0.1) is 18.7 Å². The van der Waals surface area contributed by atoms with E-state index in [2.05, 4.69) is 46.0 Å². The lowest BCUT2D eigenvalue weighted by molar-refractivity contribution is 0.0371. The monoisotopic (exact) mass is 311 g/mol. The van der Waals surface area contributed by atoms with Gasteiger partial charge in [-0.15, -0.1) is 0 Å². The first-order chi connectivity index (χ1) is 9.65. The summed E-state index contributed by atoms with van der Waals surface area (Å²) in [5.41, 5.74) is 0. The molecule has 21 heavy (non-hydrogen) atoms. The van der Waals surface area contributed by atoms with Crippen LogP contribution in [0.4, 0.5) is 4.79 Å². The standard InChI is InChI=1S/C16H29NO3Si/c1-7-19-15(18)17-12-8-9-13(17)11-14(10-12)20-21(5,6)16(2,3)4/h8-9,12-14H,7,10-11H2,1-6H3/t12-,13+,14?. The summed E-state index contributed by atoms with van der Waals surface area (Å²) in [7, 11) is -1.75. The van der Waals surface area contributed by atoms with Gasteiger partial charge in [-0.05, 0) is 37.9 Å². The van der Waals surface area contributed by atoms with Crippen molar-refractivity contribution in [3.05, 3.63) is 12.2 Å². The smallest absolute Gasteiger partial charge is 0.410 e. The lowest BCUT2D eigenvalue weighted by Gasteiger charge is -2.44. The molecule has 120 valence electrons. The van der Waals surface area contributed by atoms with Crippen molar-refractivity contribution in [3.8, 4) is 0 Å². The van der Waals surface area contributed by atoms with Gasteiger partial charge in [0, 0.05) is 6.10 Å². The Labute approximate surface area is 129 Å². The van der Waals surface area contributed by atoms with E-state index in [0.717, 1.165) is 12.8 Å². The number of fused-ring (bicyclic) bond motifs is 2. The molecule has 2 aliphatic heterocycles. The number of hydrogen-bond donors (Lipinski definition) is 0. The Morgan fingerprint density at radius 2 is 1.76 bits per heavy atom. The molecule has 1 fully saturated rings. The van der Waals surface area contributed by atoms with Gasteiger partial charge < -0.3 is 9.16 Å². The summed E-state index contributed by atoms with van der Waals surface area (Å²) in [5, 5.41) is 0.220. The van der Waals surface area contributed by atoms with Crippen LogP contribution >= 0.6 is 0 Å². The zero-order valence-corrected chi connectivity index (χ0v) is 15.2. The Hall–Kier alpha value is -0.813. The molecular formula is C16H29NO3Si. The third-order valence-corrected chi connectivity index (χ3v) is 9.56. The Morgan fingerprint density at radius 1 is 1.24 bits per heavy atom. The van der Waals surface area contributed by atoms with Crippen molar-refractivity contribution in [2.24, 2.45) is 0 Å².